The van der Waals surface area contributed by atoms with Gasteiger partial charge in [-0.1, -0.05) is 43.7 Å². The van der Waals surface area contributed by atoms with Crippen LogP contribution in [0, 0.1) is 13.8 Å². The third-order valence-corrected chi connectivity index (χ3v) is 3.59. The molecule has 21 heavy (non-hydrogen) atoms. The van der Waals surface area contributed by atoms with E-state index in [2.05, 4.69) is 59.9 Å². The smallest absolute Gasteiger partial charge is 0.137 e. The highest BCUT2D eigenvalue weighted by molar-refractivity contribution is 5.56. The van der Waals surface area contributed by atoms with Crippen LogP contribution in [-0.2, 0) is 6.54 Å². The third kappa shape index (κ3) is 3.51. The quantitative estimate of drug-likeness (QED) is 0.934. The largest absolute Gasteiger partial charge is 0.383 e. The van der Waals surface area contributed by atoms with Gasteiger partial charge in [0.05, 0.1) is 0 Å². The van der Waals surface area contributed by atoms with Crippen molar-refractivity contribution in [2.45, 2.75) is 40.2 Å². The highest BCUT2D eigenvalue weighted by atomic mass is 15.2. The molecule has 2 aromatic rings. The average molecular weight is 284 g/mol. The number of nitrogens with two attached hydrogens (primary N) is 1. The first-order chi connectivity index (χ1) is 9.88. The van der Waals surface area contributed by atoms with Gasteiger partial charge in [0.15, 0.2) is 0 Å². The standard InChI is InChI=1S/C17H24N4/c1-11(2)16-19-15(18)13(4)17(20-16)21(5)10-14-8-6-12(3)7-9-14/h6-9,11H,10H2,1-5H3,(H2,18,19,20). The summed E-state index contributed by atoms with van der Waals surface area (Å²) in [5.74, 6) is 2.54. The van der Waals surface area contributed by atoms with Crippen LogP contribution >= 0.6 is 0 Å². The van der Waals surface area contributed by atoms with E-state index in [9.17, 15) is 0 Å². The summed E-state index contributed by atoms with van der Waals surface area (Å²) in [6.45, 7) is 9.02. The van der Waals surface area contributed by atoms with Gasteiger partial charge in [-0.15, -0.1) is 0 Å². The predicted molar refractivity (Wildman–Crippen MR) is 88.6 cm³/mol. The molecule has 0 aliphatic carbocycles. The first-order valence-electron chi connectivity index (χ1n) is 7.29. The zero-order chi connectivity index (χ0) is 15.6. The molecule has 0 fully saturated rings. The number of benzene rings is 1. The van der Waals surface area contributed by atoms with E-state index in [0.717, 1.165) is 23.8 Å². The van der Waals surface area contributed by atoms with E-state index in [4.69, 9.17) is 5.73 Å². The molecule has 2 N–H and O–H groups in total. The summed E-state index contributed by atoms with van der Waals surface area (Å²) in [5, 5.41) is 0. The van der Waals surface area contributed by atoms with Crippen molar-refractivity contribution in [1.82, 2.24) is 9.97 Å². The van der Waals surface area contributed by atoms with Crippen LogP contribution in [0.4, 0.5) is 11.6 Å². The fourth-order valence-electron chi connectivity index (χ4n) is 2.21. The van der Waals surface area contributed by atoms with Crippen LogP contribution in [0.3, 0.4) is 0 Å². The first kappa shape index (κ1) is 15.3. The summed E-state index contributed by atoms with van der Waals surface area (Å²) in [4.78, 5) is 11.2. The molecule has 1 aromatic heterocycles. The minimum absolute atomic E-state index is 0.263. The molecule has 1 heterocycles. The summed E-state index contributed by atoms with van der Waals surface area (Å²) in [6.07, 6.45) is 0. The van der Waals surface area contributed by atoms with Gasteiger partial charge < -0.3 is 10.6 Å². The number of rotatable bonds is 4. The molecule has 1 aromatic carbocycles. The van der Waals surface area contributed by atoms with Gasteiger partial charge >= 0.3 is 0 Å². The normalized spacial score (nSPS) is 11.0. The van der Waals surface area contributed by atoms with Crippen molar-refractivity contribution in [3.8, 4) is 0 Å². The molecule has 0 aliphatic rings. The van der Waals surface area contributed by atoms with Crippen molar-refractivity contribution in [1.29, 1.82) is 0 Å². The van der Waals surface area contributed by atoms with Gasteiger partial charge in [0.2, 0.25) is 0 Å². The fourth-order valence-corrected chi connectivity index (χ4v) is 2.21. The van der Waals surface area contributed by atoms with E-state index >= 15 is 0 Å². The van der Waals surface area contributed by atoms with Gasteiger partial charge in [0, 0.05) is 25.1 Å². The molecule has 2 rings (SSSR count). The van der Waals surface area contributed by atoms with Gasteiger partial charge in [-0.05, 0) is 19.4 Å². The molecule has 0 saturated heterocycles. The van der Waals surface area contributed by atoms with E-state index in [0.29, 0.717) is 5.82 Å². The number of hydrogen-bond donors (Lipinski definition) is 1. The van der Waals surface area contributed by atoms with Gasteiger partial charge in [-0.2, -0.15) is 0 Å². The Hall–Kier alpha value is -2.10. The number of nitrogen functional groups attached to an aromatic ring is 1. The molecule has 0 aliphatic heterocycles. The fraction of sp³-hybridized carbons (Fsp3) is 0.412. The van der Waals surface area contributed by atoms with Gasteiger partial charge in [-0.3, -0.25) is 0 Å². The van der Waals surface area contributed by atoms with Crippen LogP contribution in [0.1, 0.15) is 42.3 Å². The Kier molecular flexibility index (Phi) is 4.46. The Bertz CT molecular complexity index is 617. The van der Waals surface area contributed by atoms with Gasteiger partial charge in [0.1, 0.15) is 17.5 Å². The van der Waals surface area contributed by atoms with Crippen molar-refractivity contribution >= 4 is 11.6 Å². The molecule has 0 unspecified atom stereocenters. The summed E-state index contributed by atoms with van der Waals surface area (Å²) in [7, 11) is 2.04. The molecular formula is C17H24N4. The Morgan fingerprint density at radius 1 is 1.10 bits per heavy atom. The maximum Gasteiger partial charge on any atom is 0.137 e. The lowest BCUT2D eigenvalue weighted by Gasteiger charge is -2.22. The number of aryl methyl sites for hydroxylation is 1. The molecule has 0 atom stereocenters. The van der Waals surface area contributed by atoms with Crippen LogP contribution < -0.4 is 10.6 Å². The van der Waals surface area contributed by atoms with Gasteiger partial charge in [0.25, 0.3) is 0 Å². The Morgan fingerprint density at radius 2 is 1.71 bits per heavy atom. The van der Waals surface area contributed by atoms with E-state index in [-0.39, 0.29) is 5.92 Å². The molecule has 0 radical (unpaired) electrons. The third-order valence-electron chi connectivity index (χ3n) is 3.59. The van der Waals surface area contributed by atoms with Gasteiger partial charge in [-0.25, -0.2) is 9.97 Å². The minimum atomic E-state index is 0.263. The second-order valence-electron chi connectivity index (χ2n) is 5.91. The van der Waals surface area contributed by atoms with Crippen LogP contribution in [0.25, 0.3) is 0 Å². The van der Waals surface area contributed by atoms with Crippen molar-refractivity contribution in [3.63, 3.8) is 0 Å². The summed E-state index contributed by atoms with van der Waals surface area (Å²) in [6, 6.07) is 8.55. The van der Waals surface area contributed by atoms with E-state index in [1.54, 1.807) is 0 Å². The van der Waals surface area contributed by atoms with Crippen LogP contribution in [0.2, 0.25) is 0 Å². The molecule has 0 bridgehead atoms. The second-order valence-corrected chi connectivity index (χ2v) is 5.91. The van der Waals surface area contributed by atoms with Crippen molar-refractivity contribution in [2.24, 2.45) is 0 Å². The average Bonchev–Trinajstić information content (AvgIpc) is 2.43. The molecule has 4 nitrogen and oxygen atoms in total. The molecule has 4 heteroatoms. The monoisotopic (exact) mass is 284 g/mol. The zero-order valence-corrected chi connectivity index (χ0v) is 13.5. The predicted octanol–water partition coefficient (Wildman–Crippen LogP) is 3.44. The SMILES string of the molecule is Cc1ccc(CN(C)c2nc(C(C)C)nc(N)c2C)cc1. The van der Waals surface area contributed by atoms with E-state index in [1.807, 2.05) is 14.0 Å². The first-order valence-corrected chi connectivity index (χ1v) is 7.29. The number of aromatic nitrogens is 2. The molecule has 0 spiro atoms. The van der Waals surface area contributed by atoms with E-state index < -0.39 is 0 Å². The maximum atomic E-state index is 6.03. The zero-order valence-electron chi connectivity index (χ0n) is 13.5. The lowest BCUT2D eigenvalue weighted by molar-refractivity contribution is 0.761. The topological polar surface area (TPSA) is 55.0 Å². The van der Waals surface area contributed by atoms with Crippen molar-refractivity contribution < 1.29 is 0 Å². The number of hydrogen-bond acceptors (Lipinski definition) is 4. The molecular weight excluding hydrogens is 260 g/mol. The Balaban J connectivity index is 2.29. The van der Waals surface area contributed by atoms with Crippen molar-refractivity contribution in [2.75, 3.05) is 17.7 Å². The molecule has 0 amide bonds. The number of nitrogens with zero attached hydrogens (tertiary/aromatic N) is 3. The molecule has 0 saturated carbocycles. The Morgan fingerprint density at radius 3 is 2.29 bits per heavy atom. The highest BCUT2D eigenvalue weighted by Crippen LogP contribution is 2.24. The summed E-state index contributed by atoms with van der Waals surface area (Å²) in [5.41, 5.74) is 9.50. The summed E-state index contributed by atoms with van der Waals surface area (Å²) >= 11 is 0. The second kappa shape index (κ2) is 6.12. The summed E-state index contributed by atoms with van der Waals surface area (Å²) < 4.78 is 0. The lowest BCUT2D eigenvalue weighted by atomic mass is 10.1. The van der Waals surface area contributed by atoms with E-state index in [1.165, 1.54) is 11.1 Å². The minimum Gasteiger partial charge on any atom is -0.383 e. The maximum absolute atomic E-state index is 6.03. The van der Waals surface area contributed by atoms with Crippen LogP contribution in [0.15, 0.2) is 24.3 Å². The van der Waals surface area contributed by atoms with Crippen molar-refractivity contribution in [3.05, 3.63) is 46.8 Å². The molecule has 112 valence electrons. The lowest BCUT2D eigenvalue weighted by Crippen LogP contribution is -2.21. The highest BCUT2D eigenvalue weighted by Gasteiger charge is 2.14. The van der Waals surface area contributed by atoms with Crippen LogP contribution in [-0.4, -0.2) is 17.0 Å². The Labute approximate surface area is 127 Å². The van der Waals surface area contributed by atoms with Crippen LogP contribution in [0.5, 0.6) is 0 Å². The number of anilines is 2.